The van der Waals surface area contributed by atoms with Crippen molar-refractivity contribution in [3.8, 4) is 5.75 Å². The zero-order valence-corrected chi connectivity index (χ0v) is 16.5. The van der Waals surface area contributed by atoms with Crippen LogP contribution in [-0.4, -0.2) is 38.6 Å². The van der Waals surface area contributed by atoms with Gasteiger partial charge in [-0.3, -0.25) is 9.59 Å². The molecule has 4 rings (SSSR count). The molecule has 1 N–H and O–H groups in total. The van der Waals surface area contributed by atoms with Gasteiger partial charge in [-0.05, 0) is 36.6 Å². The van der Waals surface area contributed by atoms with Gasteiger partial charge in [0.1, 0.15) is 5.75 Å². The van der Waals surface area contributed by atoms with E-state index in [1.54, 1.807) is 16.8 Å². The lowest BCUT2D eigenvalue weighted by Crippen LogP contribution is -2.36. The molecule has 0 atom stereocenters. The summed E-state index contributed by atoms with van der Waals surface area (Å²) in [6, 6.07) is 19.5. The molecule has 0 saturated carbocycles. The quantitative estimate of drug-likeness (QED) is 0.723. The van der Waals surface area contributed by atoms with E-state index in [0.717, 1.165) is 22.1 Å². The number of benzene rings is 3. The van der Waals surface area contributed by atoms with E-state index in [1.165, 1.54) is 0 Å². The Kier molecular flexibility index (Phi) is 5.08. The third-order valence-corrected chi connectivity index (χ3v) is 5.16. The van der Waals surface area contributed by atoms with E-state index in [1.807, 2.05) is 67.6 Å². The van der Waals surface area contributed by atoms with Crippen LogP contribution in [0.2, 0.25) is 0 Å². The second-order valence-electron chi connectivity index (χ2n) is 6.91. The van der Waals surface area contributed by atoms with E-state index < -0.39 is 0 Å². The zero-order chi connectivity index (χ0) is 20.4. The lowest BCUT2D eigenvalue weighted by atomic mass is 10.1. The number of fused-ring (bicyclic) bond motifs is 2. The zero-order valence-electron chi connectivity index (χ0n) is 16.5. The number of anilines is 3. The number of likely N-dealkylation sites (N-methyl/N-ethyl adjacent to an activating group) is 2. The van der Waals surface area contributed by atoms with Crippen molar-refractivity contribution in [2.45, 2.75) is 6.92 Å². The number of nitrogens with zero attached hydrogens (tertiary/aromatic N) is 2. The lowest BCUT2D eigenvalue weighted by molar-refractivity contribution is -0.121. The van der Waals surface area contributed by atoms with Gasteiger partial charge in [0.05, 0.1) is 17.9 Å². The number of hydrogen-bond donors (Lipinski definition) is 1. The predicted octanol–water partition coefficient (Wildman–Crippen LogP) is 3.66. The number of carbonyl (C=O) groups is 2. The Morgan fingerprint density at radius 1 is 1.14 bits per heavy atom. The van der Waals surface area contributed by atoms with Gasteiger partial charge in [-0.15, -0.1) is 0 Å². The Labute approximate surface area is 169 Å². The summed E-state index contributed by atoms with van der Waals surface area (Å²) in [5.74, 6) is 0.538. The molecule has 148 valence electrons. The van der Waals surface area contributed by atoms with E-state index in [2.05, 4.69) is 5.32 Å². The first-order chi connectivity index (χ1) is 14.1. The fourth-order valence-electron chi connectivity index (χ4n) is 3.58. The van der Waals surface area contributed by atoms with Crippen LogP contribution in [0, 0.1) is 0 Å². The van der Waals surface area contributed by atoms with Gasteiger partial charge < -0.3 is 19.9 Å². The first-order valence-electron chi connectivity index (χ1n) is 9.64. The van der Waals surface area contributed by atoms with Crippen LogP contribution < -0.4 is 19.9 Å². The fraction of sp³-hybridized carbons (Fsp3) is 0.217. The minimum Gasteiger partial charge on any atom is -0.482 e. The van der Waals surface area contributed by atoms with E-state index in [4.69, 9.17) is 4.74 Å². The topological polar surface area (TPSA) is 61.9 Å². The van der Waals surface area contributed by atoms with E-state index in [-0.39, 0.29) is 25.0 Å². The van der Waals surface area contributed by atoms with Gasteiger partial charge in [-0.25, -0.2) is 0 Å². The second kappa shape index (κ2) is 7.83. The van der Waals surface area contributed by atoms with Crippen LogP contribution in [0.3, 0.4) is 0 Å². The first kappa shape index (κ1) is 18.8. The highest BCUT2D eigenvalue weighted by atomic mass is 16.5. The van der Waals surface area contributed by atoms with Gasteiger partial charge in [-0.2, -0.15) is 0 Å². The molecule has 29 heavy (non-hydrogen) atoms. The molecule has 0 unspecified atom stereocenters. The molecule has 2 amide bonds. The summed E-state index contributed by atoms with van der Waals surface area (Å²) in [7, 11) is 1.72. The fourth-order valence-corrected chi connectivity index (χ4v) is 3.58. The highest BCUT2D eigenvalue weighted by Gasteiger charge is 2.22. The minimum atomic E-state index is -0.0983. The molecule has 0 bridgehead atoms. The van der Waals surface area contributed by atoms with Crippen LogP contribution in [0.5, 0.6) is 5.75 Å². The number of carbonyl (C=O) groups excluding carboxylic acids is 2. The van der Waals surface area contributed by atoms with E-state index in [9.17, 15) is 9.59 Å². The van der Waals surface area contributed by atoms with Crippen LogP contribution in [0.15, 0.2) is 60.7 Å². The van der Waals surface area contributed by atoms with Crippen molar-refractivity contribution in [3.05, 3.63) is 60.7 Å². The van der Waals surface area contributed by atoms with Gasteiger partial charge in [0.15, 0.2) is 6.61 Å². The summed E-state index contributed by atoms with van der Waals surface area (Å²) in [5.41, 5.74) is 2.36. The Hall–Kier alpha value is -3.54. The summed E-state index contributed by atoms with van der Waals surface area (Å²) >= 11 is 0. The SMILES string of the molecule is CCN(C(=O)CNc1ccc2c(c1)N(C)C(=O)CO2)c1cccc2ccccc12. The highest BCUT2D eigenvalue weighted by molar-refractivity contribution is 6.05. The van der Waals surface area contributed by atoms with Crippen LogP contribution >= 0.6 is 0 Å². The van der Waals surface area contributed by atoms with Crippen LogP contribution in [0.25, 0.3) is 10.8 Å². The highest BCUT2D eigenvalue weighted by Crippen LogP contribution is 2.33. The van der Waals surface area contributed by atoms with Crippen molar-refractivity contribution in [2.24, 2.45) is 0 Å². The number of nitrogens with one attached hydrogen (secondary N) is 1. The molecule has 0 saturated heterocycles. The lowest BCUT2D eigenvalue weighted by Gasteiger charge is -2.27. The van der Waals surface area contributed by atoms with Crippen molar-refractivity contribution < 1.29 is 14.3 Å². The molecular formula is C23H23N3O3. The molecule has 0 spiro atoms. The second-order valence-corrected chi connectivity index (χ2v) is 6.91. The molecule has 3 aromatic rings. The molecule has 1 heterocycles. The molecule has 3 aromatic carbocycles. The Balaban J connectivity index is 1.52. The van der Waals surface area contributed by atoms with Crippen molar-refractivity contribution >= 4 is 39.6 Å². The van der Waals surface area contributed by atoms with Gasteiger partial charge in [0.2, 0.25) is 5.91 Å². The maximum atomic E-state index is 13.0. The largest absolute Gasteiger partial charge is 0.482 e. The minimum absolute atomic E-state index is 0.0257. The molecule has 1 aliphatic heterocycles. The van der Waals surface area contributed by atoms with Crippen molar-refractivity contribution in [2.75, 3.05) is 41.9 Å². The van der Waals surface area contributed by atoms with Crippen LogP contribution in [0.4, 0.5) is 17.1 Å². The van der Waals surface area contributed by atoms with E-state index >= 15 is 0 Å². The molecule has 0 fully saturated rings. The summed E-state index contributed by atoms with van der Waals surface area (Å²) in [4.78, 5) is 28.2. The summed E-state index contributed by atoms with van der Waals surface area (Å²) in [5, 5.41) is 5.33. The molecule has 6 heteroatoms. The van der Waals surface area contributed by atoms with Gasteiger partial charge in [0, 0.05) is 24.7 Å². The monoisotopic (exact) mass is 389 g/mol. The predicted molar refractivity (Wildman–Crippen MR) is 116 cm³/mol. The Bertz CT molecular complexity index is 1070. The van der Waals surface area contributed by atoms with Crippen molar-refractivity contribution in [1.82, 2.24) is 0 Å². The maximum absolute atomic E-state index is 13.0. The molecule has 0 radical (unpaired) electrons. The molecule has 0 aliphatic carbocycles. The third-order valence-electron chi connectivity index (χ3n) is 5.16. The number of amides is 2. The molecule has 6 nitrogen and oxygen atoms in total. The maximum Gasteiger partial charge on any atom is 0.264 e. The van der Waals surface area contributed by atoms with Crippen LogP contribution in [-0.2, 0) is 9.59 Å². The molecule has 1 aliphatic rings. The number of ether oxygens (including phenoxy) is 1. The molecular weight excluding hydrogens is 366 g/mol. The van der Waals surface area contributed by atoms with Gasteiger partial charge in [-0.1, -0.05) is 36.4 Å². The van der Waals surface area contributed by atoms with E-state index in [0.29, 0.717) is 18.0 Å². The summed E-state index contributed by atoms with van der Waals surface area (Å²) < 4.78 is 5.45. The Morgan fingerprint density at radius 2 is 1.93 bits per heavy atom. The van der Waals surface area contributed by atoms with Crippen molar-refractivity contribution in [3.63, 3.8) is 0 Å². The average molecular weight is 389 g/mol. The van der Waals surface area contributed by atoms with Gasteiger partial charge in [0.25, 0.3) is 5.91 Å². The normalized spacial score (nSPS) is 13.0. The van der Waals surface area contributed by atoms with Crippen LogP contribution in [0.1, 0.15) is 6.92 Å². The van der Waals surface area contributed by atoms with Gasteiger partial charge >= 0.3 is 0 Å². The van der Waals surface area contributed by atoms with Crippen molar-refractivity contribution in [1.29, 1.82) is 0 Å². The first-order valence-corrected chi connectivity index (χ1v) is 9.64. The standard InChI is InChI=1S/C23H23N3O3/c1-3-26(19-10-6-8-16-7-4-5-9-18(16)19)22(27)14-24-17-11-12-21-20(13-17)25(2)23(28)15-29-21/h4-13,24H,3,14-15H2,1-2H3. The number of hydrogen-bond acceptors (Lipinski definition) is 4. The third kappa shape index (κ3) is 3.61. The summed E-state index contributed by atoms with van der Waals surface area (Å²) in [6.07, 6.45) is 0. The smallest absolute Gasteiger partial charge is 0.264 e. The average Bonchev–Trinajstić information content (AvgIpc) is 2.75. The Morgan fingerprint density at radius 3 is 2.76 bits per heavy atom. The number of rotatable bonds is 5. The molecule has 0 aromatic heterocycles. The summed E-state index contributed by atoms with van der Waals surface area (Å²) in [6.45, 7) is 2.74.